The second-order valence-corrected chi connectivity index (χ2v) is 4.77. The lowest BCUT2D eigenvalue weighted by atomic mass is 9.97. The van der Waals surface area contributed by atoms with Crippen molar-refractivity contribution >= 4 is 11.8 Å². The second kappa shape index (κ2) is 6.31. The van der Waals surface area contributed by atoms with Crippen LogP contribution in [0.4, 0.5) is 0 Å². The molecule has 1 aromatic heterocycles. The van der Waals surface area contributed by atoms with E-state index in [-0.39, 0.29) is 23.6 Å². The zero-order chi connectivity index (χ0) is 14.5. The van der Waals surface area contributed by atoms with E-state index in [1.165, 1.54) is 0 Å². The highest BCUT2D eigenvalue weighted by molar-refractivity contribution is 5.90. The maximum Gasteiger partial charge on any atom is 0.311 e. The minimum absolute atomic E-state index is 0.0328. The molecule has 0 saturated carbocycles. The van der Waals surface area contributed by atoms with E-state index in [1.807, 2.05) is 19.1 Å². The number of aromatic nitrogens is 2. The van der Waals surface area contributed by atoms with Crippen molar-refractivity contribution < 1.29 is 14.0 Å². The van der Waals surface area contributed by atoms with Gasteiger partial charge in [-0.1, -0.05) is 12.2 Å². The van der Waals surface area contributed by atoms with E-state index in [2.05, 4.69) is 10.2 Å². The number of nitrogens with zero attached hydrogens (tertiary/aromatic N) is 3. The molecular formula is C13H18N4O3. The van der Waals surface area contributed by atoms with E-state index in [0.717, 1.165) is 12.8 Å². The van der Waals surface area contributed by atoms with Crippen molar-refractivity contribution in [3.05, 3.63) is 23.9 Å². The third kappa shape index (κ3) is 3.23. The van der Waals surface area contributed by atoms with Crippen molar-refractivity contribution in [2.24, 2.45) is 11.7 Å². The Kier molecular flexibility index (Phi) is 4.49. The van der Waals surface area contributed by atoms with Gasteiger partial charge in [0.25, 0.3) is 0 Å². The van der Waals surface area contributed by atoms with Gasteiger partial charge in [0, 0.05) is 19.5 Å². The van der Waals surface area contributed by atoms with Crippen LogP contribution in [0.3, 0.4) is 0 Å². The van der Waals surface area contributed by atoms with Crippen LogP contribution in [-0.2, 0) is 11.2 Å². The molecule has 0 aromatic carbocycles. The lowest BCUT2D eigenvalue weighted by Gasteiger charge is -2.30. The molecule has 1 saturated heterocycles. The number of carbonyl (C=O) groups is 2. The number of allylic oxidation sites excluding steroid dienone is 2. The van der Waals surface area contributed by atoms with E-state index in [9.17, 15) is 9.59 Å². The van der Waals surface area contributed by atoms with Crippen LogP contribution >= 0.6 is 0 Å². The molecule has 7 heteroatoms. The zero-order valence-corrected chi connectivity index (χ0v) is 11.4. The molecule has 108 valence electrons. The highest BCUT2D eigenvalue weighted by Crippen LogP contribution is 2.18. The fraction of sp³-hybridized carbons (Fsp3) is 0.538. The summed E-state index contributed by atoms with van der Waals surface area (Å²) < 4.78 is 5.32. The Morgan fingerprint density at radius 2 is 2.30 bits per heavy atom. The summed E-state index contributed by atoms with van der Waals surface area (Å²) in [6.07, 6.45) is 5.70. The van der Waals surface area contributed by atoms with Crippen LogP contribution in [0.25, 0.3) is 0 Å². The van der Waals surface area contributed by atoms with Crippen LogP contribution in [-0.4, -0.2) is 40.0 Å². The molecule has 0 aliphatic carbocycles. The minimum atomic E-state index is -0.373. The monoisotopic (exact) mass is 278 g/mol. The number of rotatable bonds is 4. The molecule has 0 spiro atoms. The average Bonchev–Trinajstić information content (AvgIpc) is 2.93. The molecule has 0 bridgehead atoms. The number of hydrogen-bond acceptors (Lipinski definition) is 5. The molecule has 2 rings (SSSR count). The molecule has 0 radical (unpaired) electrons. The van der Waals surface area contributed by atoms with Crippen molar-refractivity contribution in [1.29, 1.82) is 0 Å². The molecule has 0 unspecified atom stereocenters. The summed E-state index contributed by atoms with van der Waals surface area (Å²) in [5.74, 6) is -0.639. The predicted octanol–water partition coefficient (Wildman–Crippen LogP) is 0.526. The number of piperidine rings is 1. The standard InChI is InChI=1S/C13H18N4O3/c1-2-3-6-10-15-16-12(20-10)13(19)17-7-4-5-9(8-17)11(14)18/h2-3,9H,4-8H2,1H3,(H2,14,18)/b3-2+/t9-/m0/s1. The van der Waals surface area contributed by atoms with Gasteiger partial charge in [-0.2, -0.15) is 0 Å². The molecule has 20 heavy (non-hydrogen) atoms. The summed E-state index contributed by atoms with van der Waals surface area (Å²) in [6.45, 7) is 2.79. The smallest absolute Gasteiger partial charge is 0.311 e. The van der Waals surface area contributed by atoms with Gasteiger partial charge in [-0.25, -0.2) is 0 Å². The SMILES string of the molecule is C/C=C/Cc1nnc(C(=O)N2CCC[C@H](C(N)=O)C2)o1. The third-order valence-corrected chi connectivity index (χ3v) is 3.29. The molecule has 7 nitrogen and oxygen atoms in total. The van der Waals surface area contributed by atoms with Gasteiger partial charge >= 0.3 is 11.8 Å². The number of carbonyl (C=O) groups excluding carboxylic acids is 2. The Labute approximate surface area is 116 Å². The number of nitrogens with two attached hydrogens (primary N) is 1. The second-order valence-electron chi connectivity index (χ2n) is 4.77. The fourth-order valence-corrected chi connectivity index (χ4v) is 2.17. The number of hydrogen-bond donors (Lipinski definition) is 1. The van der Waals surface area contributed by atoms with Crippen LogP contribution in [0.15, 0.2) is 16.6 Å². The molecule has 1 aromatic rings. The van der Waals surface area contributed by atoms with Gasteiger partial charge in [0.05, 0.1) is 5.92 Å². The highest BCUT2D eigenvalue weighted by atomic mass is 16.4. The van der Waals surface area contributed by atoms with E-state index in [0.29, 0.717) is 25.4 Å². The first kappa shape index (κ1) is 14.2. The first-order valence-corrected chi connectivity index (χ1v) is 6.64. The van der Waals surface area contributed by atoms with Gasteiger partial charge in [0.15, 0.2) is 0 Å². The van der Waals surface area contributed by atoms with Crippen LogP contribution in [0.2, 0.25) is 0 Å². The molecule has 1 atom stereocenters. The molecule has 2 amide bonds. The van der Waals surface area contributed by atoms with Gasteiger partial charge in [0.2, 0.25) is 11.8 Å². The summed E-state index contributed by atoms with van der Waals surface area (Å²) in [5.41, 5.74) is 5.29. The van der Waals surface area contributed by atoms with Gasteiger partial charge in [-0.3, -0.25) is 9.59 Å². The summed E-state index contributed by atoms with van der Waals surface area (Å²) in [5, 5.41) is 7.57. The van der Waals surface area contributed by atoms with Gasteiger partial charge in [-0.15, -0.1) is 10.2 Å². The van der Waals surface area contributed by atoms with Crippen molar-refractivity contribution in [2.45, 2.75) is 26.2 Å². The summed E-state index contributed by atoms with van der Waals surface area (Å²) in [4.78, 5) is 25.0. The maximum atomic E-state index is 12.2. The molecule has 1 fully saturated rings. The largest absolute Gasteiger partial charge is 0.417 e. The van der Waals surface area contributed by atoms with Crippen molar-refractivity contribution in [3.63, 3.8) is 0 Å². The van der Waals surface area contributed by atoms with Crippen molar-refractivity contribution in [3.8, 4) is 0 Å². The highest BCUT2D eigenvalue weighted by Gasteiger charge is 2.30. The fourth-order valence-electron chi connectivity index (χ4n) is 2.17. The van der Waals surface area contributed by atoms with Crippen LogP contribution < -0.4 is 5.73 Å². The van der Waals surface area contributed by atoms with E-state index in [1.54, 1.807) is 4.90 Å². The Morgan fingerprint density at radius 3 is 3.00 bits per heavy atom. The van der Waals surface area contributed by atoms with Crippen molar-refractivity contribution in [1.82, 2.24) is 15.1 Å². The quantitative estimate of drug-likeness (QED) is 0.809. The van der Waals surface area contributed by atoms with Gasteiger partial charge in [0.1, 0.15) is 0 Å². The Bertz CT molecular complexity index is 523. The van der Waals surface area contributed by atoms with Gasteiger partial charge < -0.3 is 15.1 Å². The lowest BCUT2D eigenvalue weighted by molar-refractivity contribution is -0.123. The number of likely N-dealkylation sites (tertiary alicyclic amines) is 1. The summed E-state index contributed by atoms with van der Waals surface area (Å²) in [6, 6.07) is 0. The van der Waals surface area contributed by atoms with Crippen LogP contribution in [0.1, 0.15) is 36.3 Å². The first-order chi connectivity index (χ1) is 9.61. The Morgan fingerprint density at radius 1 is 1.50 bits per heavy atom. The summed E-state index contributed by atoms with van der Waals surface area (Å²) in [7, 11) is 0. The molecule has 2 heterocycles. The summed E-state index contributed by atoms with van der Waals surface area (Å²) >= 11 is 0. The van der Waals surface area contributed by atoms with E-state index >= 15 is 0 Å². The Hall–Kier alpha value is -2.18. The van der Waals surface area contributed by atoms with Crippen LogP contribution in [0, 0.1) is 5.92 Å². The molecule has 1 aliphatic rings. The van der Waals surface area contributed by atoms with E-state index in [4.69, 9.17) is 10.2 Å². The number of amides is 2. The van der Waals surface area contributed by atoms with Crippen molar-refractivity contribution in [2.75, 3.05) is 13.1 Å². The normalized spacial score (nSPS) is 19.4. The number of primary amides is 1. The topological polar surface area (TPSA) is 102 Å². The zero-order valence-electron chi connectivity index (χ0n) is 11.4. The maximum absolute atomic E-state index is 12.2. The molecule has 1 aliphatic heterocycles. The van der Waals surface area contributed by atoms with Crippen LogP contribution in [0.5, 0.6) is 0 Å². The van der Waals surface area contributed by atoms with Gasteiger partial charge in [-0.05, 0) is 19.8 Å². The van der Waals surface area contributed by atoms with E-state index < -0.39 is 0 Å². The minimum Gasteiger partial charge on any atom is -0.417 e. The average molecular weight is 278 g/mol. The lowest BCUT2D eigenvalue weighted by Crippen LogP contribution is -2.44. The third-order valence-electron chi connectivity index (χ3n) is 3.29. The molecular weight excluding hydrogens is 260 g/mol. The molecule has 2 N–H and O–H groups in total. The first-order valence-electron chi connectivity index (χ1n) is 6.64. The Balaban J connectivity index is 2.03. The predicted molar refractivity (Wildman–Crippen MR) is 70.6 cm³/mol.